The molecule has 0 aromatic rings. The van der Waals surface area contributed by atoms with E-state index in [-0.39, 0.29) is 30.2 Å². The minimum Gasteiger partial charge on any atom is -0.466 e. The highest BCUT2D eigenvalue weighted by Crippen LogP contribution is 2.13. The summed E-state index contributed by atoms with van der Waals surface area (Å²) in [4.78, 5) is 22.6. The van der Waals surface area contributed by atoms with Gasteiger partial charge in [0.2, 0.25) is 0 Å². The van der Waals surface area contributed by atoms with Crippen LogP contribution in [0.4, 0.5) is 0 Å². The van der Waals surface area contributed by atoms with E-state index in [9.17, 15) is 9.59 Å². The van der Waals surface area contributed by atoms with Gasteiger partial charge in [-0.25, -0.2) is 0 Å². The van der Waals surface area contributed by atoms with Crippen molar-refractivity contribution < 1.29 is 19.1 Å². The summed E-state index contributed by atoms with van der Waals surface area (Å²) in [6, 6.07) is 0. The first-order chi connectivity index (χ1) is 8.35. The Morgan fingerprint density at radius 3 is 2.00 bits per heavy atom. The zero-order chi connectivity index (χ0) is 14.0. The lowest BCUT2D eigenvalue weighted by molar-refractivity contribution is -0.151. The fraction of sp³-hybridized carbons (Fsp3) is 0.857. The summed E-state index contributed by atoms with van der Waals surface area (Å²) in [5, 5.41) is 0. The Balaban J connectivity index is 3.56. The molecule has 0 heterocycles. The van der Waals surface area contributed by atoms with Crippen molar-refractivity contribution in [2.24, 2.45) is 5.41 Å². The van der Waals surface area contributed by atoms with Crippen molar-refractivity contribution in [1.29, 1.82) is 0 Å². The fourth-order valence-electron chi connectivity index (χ4n) is 1.18. The summed E-state index contributed by atoms with van der Waals surface area (Å²) in [6.45, 7) is 8.88. The third-order valence-corrected chi connectivity index (χ3v) is 2.21. The van der Waals surface area contributed by atoms with Gasteiger partial charge in [0.15, 0.2) is 0 Å². The van der Waals surface area contributed by atoms with E-state index in [1.165, 1.54) is 0 Å². The molecule has 0 fully saturated rings. The van der Waals surface area contributed by atoms with Gasteiger partial charge in [0.1, 0.15) is 0 Å². The molecule has 0 unspecified atom stereocenters. The van der Waals surface area contributed by atoms with Crippen LogP contribution in [0.1, 0.15) is 59.8 Å². The van der Waals surface area contributed by atoms with E-state index in [0.717, 1.165) is 19.3 Å². The topological polar surface area (TPSA) is 52.6 Å². The van der Waals surface area contributed by atoms with Crippen LogP contribution in [0.25, 0.3) is 0 Å². The monoisotopic (exact) mass is 258 g/mol. The Kier molecular flexibility index (Phi) is 8.42. The minimum absolute atomic E-state index is 0.0453. The number of rotatable bonds is 8. The van der Waals surface area contributed by atoms with Gasteiger partial charge in [-0.3, -0.25) is 9.59 Å². The Hall–Kier alpha value is -1.06. The average Bonchev–Trinajstić information content (AvgIpc) is 2.28. The predicted molar refractivity (Wildman–Crippen MR) is 70.1 cm³/mol. The van der Waals surface area contributed by atoms with Gasteiger partial charge in [0.05, 0.1) is 26.1 Å². The van der Waals surface area contributed by atoms with Crippen LogP contribution in [0.2, 0.25) is 0 Å². The van der Waals surface area contributed by atoms with Crippen molar-refractivity contribution in [3.63, 3.8) is 0 Å². The van der Waals surface area contributed by atoms with Gasteiger partial charge in [-0.15, -0.1) is 0 Å². The highest BCUT2D eigenvalue weighted by atomic mass is 16.5. The van der Waals surface area contributed by atoms with Crippen molar-refractivity contribution in [3.8, 4) is 0 Å². The van der Waals surface area contributed by atoms with Gasteiger partial charge in [0, 0.05) is 0 Å². The Labute approximate surface area is 110 Å². The smallest absolute Gasteiger partial charge is 0.306 e. The lowest BCUT2D eigenvalue weighted by Gasteiger charge is -2.17. The van der Waals surface area contributed by atoms with E-state index < -0.39 is 0 Å². The van der Waals surface area contributed by atoms with Crippen LogP contribution in [0.5, 0.6) is 0 Å². The second kappa shape index (κ2) is 8.95. The second-order valence-electron chi connectivity index (χ2n) is 5.65. The molecule has 0 N–H and O–H groups in total. The zero-order valence-corrected chi connectivity index (χ0v) is 12.1. The summed E-state index contributed by atoms with van der Waals surface area (Å²) >= 11 is 0. The van der Waals surface area contributed by atoms with Crippen LogP contribution >= 0.6 is 0 Å². The van der Waals surface area contributed by atoms with Crippen molar-refractivity contribution in [1.82, 2.24) is 0 Å². The molecule has 0 aromatic carbocycles. The number of unbranched alkanes of at least 4 members (excludes halogenated alkanes) is 2. The summed E-state index contributed by atoms with van der Waals surface area (Å²) in [7, 11) is 0. The molecule has 4 heteroatoms. The lowest BCUT2D eigenvalue weighted by atomic mass is 9.99. The third-order valence-electron chi connectivity index (χ3n) is 2.21. The van der Waals surface area contributed by atoms with Gasteiger partial charge in [-0.2, -0.15) is 0 Å². The highest BCUT2D eigenvalue weighted by molar-refractivity contribution is 5.77. The molecule has 0 rings (SSSR count). The van der Waals surface area contributed by atoms with Crippen LogP contribution in [-0.2, 0) is 19.1 Å². The van der Waals surface area contributed by atoms with Gasteiger partial charge in [-0.05, 0) is 11.8 Å². The lowest BCUT2D eigenvalue weighted by Crippen LogP contribution is -2.19. The zero-order valence-electron chi connectivity index (χ0n) is 12.1. The SMILES string of the molecule is CCCCCOC(=O)CCC(=O)OCC(C)(C)C. The van der Waals surface area contributed by atoms with Crippen molar-refractivity contribution >= 4 is 11.9 Å². The number of hydrogen-bond acceptors (Lipinski definition) is 4. The Morgan fingerprint density at radius 1 is 0.944 bits per heavy atom. The van der Waals surface area contributed by atoms with E-state index in [1.54, 1.807) is 0 Å². The number of carbonyl (C=O) groups is 2. The number of hydrogen-bond donors (Lipinski definition) is 0. The van der Waals surface area contributed by atoms with Crippen LogP contribution in [0.15, 0.2) is 0 Å². The molecule has 0 aliphatic rings. The maximum atomic E-state index is 11.3. The van der Waals surface area contributed by atoms with Gasteiger partial charge < -0.3 is 9.47 Å². The normalized spacial score (nSPS) is 11.1. The molecule has 0 bridgehead atoms. The molecule has 4 nitrogen and oxygen atoms in total. The number of carbonyl (C=O) groups excluding carboxylic acids is 2. The third kappa shape index (κ3) is 11.4. The van der Waals surface area contributed by atoms with Gasteiger partial charge in [-0.1, -0.05) is 40.5 Å². The minimum atomic E-state index is -0.338. The van der Waals surface area contributed by atoms with Crippen LogP contribution in [0, 0.1) is 5.41 Å². The quantitative estimate of drug-likeness (QED) is 0.496. The van der Waals surface area contributed by atoms with Crippen LogP contribution < -0.4 is 0 Å². The number of ether oxygens (including phenoxy) is 2. The summed E-state index contributed by atoms with van der Waals surface area (Å²) in [5.74, 6) is -0.658. The van der Waals surface area contributed by atoms with E-state index in [1.807, 2.05) is 20.8 Å². The van der Waals surface area contributed by atoms with Crippen molar-refractivity contribution in [3.05, 3.63) is 0 Å². The Morgan fingerprint density at radius 2 is 1.50 bits per heavy atom. The summed E-state index contributed by atoms with van der Waals surface area (Å²) in [6.07, 6.45) is 3.24. The summed E-state index contributed by atoms with van der Waals surface area (Å²) in [5.41, 5.74) is -0.0453. The molecule has 0 amide bonds. The standard InChI is InChI=1S/C14H26O4/c1-5-6-7-10-17-12(15)8-9-13(16)18-11-14(2,3)4/h5-11H2,1-4H3. The predicted octanol–water partition coefficient (Wildman–Crippen LogP) is 3.09. The van der Waals surface area contributed by atoms with E-state index >= 15 is 0 Å². The largest absolute Gasteiger partial charge is 0.466 e. The van der Waals surface area contributed by atoms with Gasteiger partial charge >= 0.3 is 11.9 Å². The molecular formula is C14H26O4. The molecule has 0 saturated heterocycles. The van der Waals surface area contributed by atoms with E-state index in [0.29, 0.717) is 13.2 Å². The molecule has 0 spiro atoms. The van der Waals surface area contributed by atoms with Gasteiger partial charge in [0.25, 0.3) is 0 Å². The van der Waals surface area contributed by atoms with Crippen molar-refractivity contribution in [2.75, 3.05) is 13.2 Å². The van der Waals surface area contributed by atoms with E-state index in [4.69, 9.17) is 9.47 Å². The first kappa shape index (κ1) is 16.9. The second-order valence-corrected chi connectivity index (χ2v) is 5.65. The maximum Gasteiger partial charge on any atom is 0.306 e. The fourth-order valence-corrected chi connectivity index (χ4v) is 1.18. The number of esters is 2. The molecule has 0 saturated carbocycles. The molecule has 0 radical (unpaired) electrons. The molecular weight excluding hydrogens is 232 g/mol. The first-order valence-electron chi connectivity index (χ1n) is 6.66. The first-order valence-corrected chi connectivity index (χ1v) is 6.66. The average molecular weight is 258 g/mol. The molecule has 0 aromatic heterocycles. The Bertz CT molecular complexity index is 253. The molecule has 0 aliphatic carbocycles. The van der Waals surface area contributed by atoms with Crippen LogP contribution in [-0.4, -0.2) is 25.2 Å². The molecule has 0 atom stereocenters. The van der Waals surface area contributed by atoms with Crippen molar-refractivity contribution in [2.45, 2.75) is 59.8 Å². The molecule has 0 aliphatic heterocycles. The van der Waals surface area contributed by atoms with E-state index in [2.05, 4.69) is 6.92 Å². The highest BCUT2D eigenvalue weighted by Gasteiger charge is 2.14. The summed E-state index contributed by atoms with van der Waals surface area (Å²) < 4.78 is 10.0. The maximum absolute atomic E-state index is 11.3. The van der Waals surface area contributed by atoms with Crippen LogP contribution in [0.3, 0.4) is 0 Å². The molecule has 106 valence electrons. The molecule has 18 heavy (non-hydrogen) atoms.